The Morgan fingerprint density at radius 2 is 1.62 bits per heavy atom. The smallest absolute Gasteiger partial charge is 0.211 e. The van der Waals surface area contributed by atoms with Gasteiger partial charge in [0.15, 0.2) is 0 Å². The van der Waals surface area contributed by atoms with E-state index in [4.69, 9.17) is 0 Å². The first kappa shape index (κ1) is 21.0. The fourth-order valence-electron chi connectivity index (χ4n) is 2.56. The maximum atomic E-state index is 11.7. The number of unbranched alkanes of at least 4 members (excludes halogenated alkanes) is 3. The van der Waals surface area contributed by atoms with Crippen molar-refractivity contribution in [2.24, 2.45) is 5.92 Å². The highest BCUT2D eigenvalue weighted by atomic mass is 32.2. The summed E-state index contributed by atoms with van der Waals surface area (Å²) in [4.78, 5) is 0. The van der Waals surface area contributed by atoms with E-state index in [2.05, 4.69) is 41.2 Å². The summed E-state index contributed by atoms with van der Waals surface area (Å²) in [6, 6.07) is 8.68. The molecule has 0 saturated heterocycles. The van der Waals surface area contributed by atoms with Gasteiger partial charge >= 0.3 is 0 Å². The fraction of sp³-hybridized carbons (Fsp3) is 0.684. The summed E-state index contributed by atoms with van der Waals surface area (Å²) in [5.74, 6) is 0.378. The Labute approximate surface area is 148 Å². The van der Waals surface area contributed by atoms with E-state index >= 15 is 0 Å². The summed E-state index contributed by atoms with van der Waals surface area (Å²) in [5.41, 5.74) is 2.56. The third kappa shape index (κ3) is 9.93. The van der Waals surface area contributed by atoms with Gasteiger partial charge in [-0.05, 0) is 49.3 Å². The topological polar surface area (TPSA) is 58.2 Å². The standard InChI is InChI=1S/C19H34N2O2S/c1-4-5-9-18-10-12-19(13-11-18)20-14-7-6-8-15-21-24(22,23)16-17(2)3/h10-13,17,20-21H,4-9,14-16H2,1-3H3. The van der Waals surface area contributed by atoms with Crippen molar-refractivity contribution in [3.05, 3.63) is 29.8 Å². The predicted molar refractivity (Wildman–Crippen MR) is 104 cm³/mol. The van der Waals surface area contributed by atoms with Crippen LogP contribution in [0.5, 0.6) is 0 Å². The monoisotopic (exact) mass is 354 g/mol. The van der Waals surface area contributed by atoms with Gasteiger partial charge in [-0.15, -0.1) is 0 Å². The second-order valence-electron chi connectivity index (χ2n) is 6.86. The number of nitrogens with one attached hydrogen (secondary N) is 2. The van der Waals surface area contributed by atoms with Crippen LogP contribution in [-0.4, -0.2) is 27.3 Å². The average molecular weight is 355 g/mol. The molecule has 5 heteroatoms. The molecule has 0 atom stereocenters. The van der Waals surface area contributed by atoms with Crippen molar-refractivity contribution in [2.45, 2.75) is 59.3 Å². The molecule has 2 N–H and O–H groups in total. The molecule has 0 aliphatic carbocycles. The van der Waals surface area contributed by atoms with Gasteiger partial charge in [-0.2, -0.15) is 0 Å². The second-order valence-corrected chi connectivity index (χ2v) is 8.71. The van der Waals surface area contributed by atoms with Gasteiger partial charge in [-0.25, -0.2) is 13.1 Å². The summed E-state index contributed by atoms with van der Waals surface area (Å²) < 4.78 is 26.0. The van der Waals surface area contributed by atoms with Gasteiger partial charge in [0.25, 0.3) is 0 Å². The van der Waals surface area contributed by atoms with Crippen molar-refractivity contribution in [1.82, 2.24) is 4.72 Å². The van der Waals surface area contributed by atoms with E-state index < -0.39 is 10.0 Å². The van der Waals surface area contributed by atoms with Crippen LogP contribution >= 0.6 is 0 Å². The summed E-state index contributed by atoms with van der Waals surface area (Å²) in [7, 11) is -3.09. The van der Waals surface area contributed by atoms with E-state index in [1.807, 2.05) is 13.8 Å². The van der Waals surface area contributed by atoms with Gasteiger partial charge < -0.3 is 5.32 Å². The van der Waals surface area contributed by atoms with Crippen LogP contribution in [0.25, 0.3) is 0 Å². The lowest BCUT2D eigenvalue weighted by Gasteiger charge is -2.09. The van der Waals surface area contributed by atoms with Gasteiger partial charge in [-0.1, -0.05) is 45.7 Å². The van der Waals surface area contributed by atoms with Gasteiger partial charge in [0.1, 0.15) is 0 Å². The third-order valence-electron chi connectivity index (χ3n) is 3.83. The molecule has 0 heterocycles. The normalized spacial score (nSPS) is 11.8. The van der Waals surface area contributed by atoms with Gasteiger partial charge in [0.2, 0.25) is 10.0 Å². The molecular formula is C19H34N2O2S. The number of hydrogen-bond acceptors (Lipinski definition) is 3. The zero-order chi connectivity index (χ0) is 17.8. The maximum absolute atomic E-state index is 11.7. The van der Waals surface area contributed by atoms with Crippen LogP contribution < -0.4 is 10.0 Å². The summed E-state index contributed by atoms with van der Waals surface area (Å²) in [6.45, 7) is 7.52. The van der Waals surface area contributed by atoms with E-state index in [-0.39, 0.29) is 11.7 Å². The van der Waals surface area contributed by atoms with Crippen LogP contribution in [0.15, 0.2) is 24.3 Å². The molecule has 0 radical (unpaired) electrons. The number of sulfonamides is 1. The number of benzene rings is 1. The third-order valence-corrected chi connectivity index (χ3v) is 5.58. The van der Waals surface area contributed by atoms with E-state index in [1.54, 1.807) is 0 Å². The first-order valence-electron chi connectivity index (χ1n) is 9.23. The van der Waals surface area contributed by atoms with Crippen molar-refractivity contribution >= 4 is 15.7 Å². The molecular weight excluding hydrogens is 320 g/mol. The van der Waals surface area contributed by atoms with Gasteiger partial charge in [-0.3, -0.25) is 0 Å². The minimum absolute atomic E-state index is 0.167. The number of anilines is 1. The average Bonchev–Trinajstić information content (AvgIpc) is 2.51. The lowest BCUT2D eigenvalue weighted by Crippen LogP contribution is -2.29. The van der Waals surface area contributed by atoms with E-state index in [9.17, 15) is 8.42 Å². The van der Waals surface area contributed by atoms with Gasteiger partial charge in [0, 0.05) is 18.8 Å². The minimum Gasteiger partial charge on any atom is -0.385 e. The van der Waals surface area contributed by atoms with Crippen molar-refractivity contribution in [3.8, 4) is 0 Å². The predicted octanol–water partition coefficient (Wildman–Crippen LogP) is 4.19. The molecule has 0 bridgehead atoms. The summed E-state index contributed by atoms with van der Waals surface area (Å²) >= 11 is 0. The Morgan fingerprint density at radius 3 is 2.25 bits per heavy atom. The zero-order valence-corrected chi connectivity index (χ0v) is 16.3. The van der Waals surface area contributed by atoms with Crippen LogP contribution in [0, 0.1) is 5.92 Å². The number of aryl methyl sites for hydroxylation is 1. The van der Waals surface area contributed by atoms with Crippen LogP contribution in [0.4, 0.5) is 5.69 Å². The lowest BCUT2D eigenvalue weighted by molar-refractivity contribution is 0.563. The Morgan fingerprint density at radius 1 is 0.958 bits per heavy atom. The van der Waals surface area contributed by atoms with Crippen molar-refractivity contribution in [3.63, 3.8) is 0 Å². The molecule has 0 amide bonds. The summed E-state index contributed by atoms with van der Waals surface area (Å²) in [5, 5.41) is 3.42. The molecule has 0 aromatic heterocycles. The molecule has 0 fully saturated rings. The first-order chi connectivity index (χ1) is 11.4. The first-order valence-corrected chi connectivity index (χ1v) is 10.9. The molecule has 0 spiro atoms. The Hall–Kier alpha value is -1.07. The maximum Gasteiger partial charge on any atom is 0.211 e. The number of hydrogen-bond donors (Lipinski definition) is 2. The Kier molecular flexibility index (Phi) is 10.0. The summed E-state index contributed by atoms with van der Waals surface area (Å²) in [6.07, 6.45) is 6.58. The quantitative estimate of drug-likeness (QED) is 0.522. The van der Waals surface area contributed by atoms with Crippen molar-refractivity contribution in [2.75, 3.05) is 24.2 Å². The Balaban J connectivity index is 2.10. The van der Waals surface area contributed by atoms with Crippen LogP contribution in [0.2, 0.25) is 0 Å². The van der Waals surface area contributed by atoms with E-state index in [0.29, 0.717) is 6.54 Å². The molecule has 0 aliphatic heterocycles. The number of rotatable bonds is 13. The second kappa shape index (κ2) is 11.5. The molecule has 1 aromatic carbocycles. The van der Waals surface area contributed by atoms with Crippen LogP contribution in [-0.2, 0) is 16.4 Å². The highest BCUT2D eigenvalue weighted by molar-refractivity contribution is 7.89. The van der Waals surface area contributed by atoms with Crippen LogP contribution in [0.3, 0.4) is 0 Å². The molecule has 1 aromatic rings. The molecule has 0 aliphatic rings. The van der Waals surface area contributed by atoms with Crippen molar-refractivity contribution < 1.29 is 8.42 Å². The largest absolute Gasteiger partial charge is 0.385 e. The molecule has 138 valence electrons. The highest BCUT2D eigenvalue weighted by Gasteiger charge is 2.11. The van der Waals surface area contributed by atoms with E-state index in [1.165, 1.54) is 18.4 Å². The Bertz CT molecular complexity index is 539. The fourth-order valence-corrected chi connectivity index (χ4v) is 4.01. The zero-order valence-electron chi connectivity index (χ0n) is 15.5. The highest BCUT2D eigenvalue weighted by Crippen LogP contribution is 2.12. The van der Waals surface area contributed by atoms with E-state index in [0.717, 1.165) is 37.9 Å². The molecule has 0 saturated carbocycles. The van der Waals surface area contributed by atoms with Crippen molar-refractivity contribution in [1.29, 1.82) is 0 Å². The molecule has 1 rings (SSSR count). The molecule has 4 nitrogen and oxygen atoms in total. The SMILES string of the molecule is CCCCc1ccc(NCCCCCNS(=O)(=O)CC(C)C)cc1. The molecule has 0 unspecified atom stereocenters. The lowest BCUT2D eigenvalue weighted by atomic mass is 10.1. The minimum atomic E-state index is -3.09. The molecule has 24 heavy (non-hydrogen) atoms. The van der Waals surface area contributed by atoms with Gasteiger partial charge in [0.05, 0.1) is 5.75 Å². The van der Waals surface area contributed by atoms with Crippen LogP contribution in [0.1, 0.15) is 58.4 Å².